The molecule has 0 radical (unpaired) electrons. The Labute approximate surface area is 216 Å². The van der Waals surface area contributed by atoms with Gasteiger partial charge >= 0.3 is 6.01 Å². The van der Waals surface area contributed by atoms with E-state index >= 15 is 0 Å². The highest BCUT2D eigenvalue weighted by Crippen LogP contribution is 2.43. The summed E-state index contributed by atoms with van der Waals surface area (Å²) in [6.07, 6.45) is 0. The van der Waals surface area contributed by atoms with Crippen molar-refractivity contribution >= 4 is 34.8 Å². The van der Waals surface area contributed by atoms with Gasteiger partial charge in [0.25, 0.3) is 0 Å². The number of ether oxygens (including phenoxy) is 2. The number of nitrogens with zero attached hydrogens (tertiary/aromatic N) is 2. The van der Waals surface area contributed by atoms with Crippen LogP contribution in [0.3, 0.4) is 0 Å². The maximum Gasteiger partial charge on any atom is 0.320 e. The summed E-state index contributed by atoms with van der Waals surface area (Å²) >= 11 is 18.8. The fourth-order valence-corrected chi connectivity index (χ4v) is 3.83. The second-order valence-corrected chi connectivity index (χ2v) is 9.33. The number of hydrogen-bond acceptors (Lipinski definition) is 4. The molecule has 0 unspecified atom stereocenters. The van der Waals surface area contributed by atoms with E-state index in [2.05, 4.69) is 9.97 Å². The highest BCUT2D eigenvalue weighted by atomic mass is 35.5. The van der Waals surface area contributed by atoms with Crippen molar-refractivity contribution in [3.8, 4) is 40.0 Å². The summed E-state index contributed by atoms with van der Waals surface area (Å²) in [6, 6.07) is 15.2. The van der Waals surface area contributed by atoms with Gasteiger partial charge in [0.15, 0.2) is 11.6 Å². The first-order chi connectivity index (χ1) is 16.7. The van der Waals surface area contributed by atoms with E-state index in [9.17, 15) is 8.78 Å². The van der Waals surface area contributed by atoms with Crippen molar-refractivity contribution in [1.82, 2.24) is 9.97 Å². The van der Waals surface area contributed by atoms with Gasteiger partial charge in [0.2, 0.25) is 5.88 Å². The zero-order valence-electron chi connectivity index (χ0n) is 18.7. The first-order valence-electron chi connectivity index (χ1n) is 10.6. The molecule has 0 amide bonds. The Bertz CT molecular complexity index is 1370. The Morgan fingerprint density at radius 2 is 1.54 bits per heavy atom. The largest absolute Gasteiger partial charge is 0.463 e. The Hall–Kier alpha value is -2.93. The Morgan fingerprint density at radius 1 is 0.829 bits per heavy atom. The molecule has 0 spiro atoms. The molecule has 4 rings (SSSR count). The van der Waals surface area contributed by atoms with E-state index in [1.54, 1.807) is 42.5 Å². The molecule has 0 aliphatic rings. The lowest BCUT2D eigenvalue weighted by Gasteiger charge is -2.18. The first-order valence-corrected chi connectivity index (χ1v) is 11.7. The fraction of sp³-hybridized carbons (Fsp3) is 0.154. The molecular weight excluding hydrogens is 517 g/mol. The summed E-state index contributed by atoms with van der Waals surface area (Å²) in [5.74, 6) is -1.74. The molecule has 35 heavy (non-hydrogen) atoms. The zero-order valence-corrected chi connectivity index (χ0v) is 20.9. The summed E-state index contributed by atoms with van der Waals surface area (Å²) in [4.78, 5) is 9.08. The van der Waals surface area contributed by atoms with Crippen LogP contribution in [0.15, 0.2) is 60.7 Å². The monoisotopic (exact) mass is 534 g/mol. The van der Waals surface area contributed by atoms with Gasteiger partial charge in [-0.05, 0) is 53.9 Å². The van der Waals surface area contributed by atoms with Gasteiger partial charge in [-0.15, -0.1) is 0 Å². The second kappa shape index (κ2) is 10.8. The van der Waals surface area contributed by atoms with Crippen molar-refractivity contribution in [2.24, 2.45) is 5.92 Å². The minimum absolute atomic E-state index is 0.0370. The molecule has 0 bridgehead atoms. The van der Waals surface area contributed by atoms with Crippen molar-refractivity contribution in [3.63, 3.8) is 0 Å². The van der Waals surface area contributed by atoms with Gasteiger partial charge in [-0.25, -0.2) is 8.78 Å². The topological polar surface area (TPSA) is 44.2 Å². The van der Waals surface area contributed by atoms with Gasteiger partial charge in [-0.1, -0.05) is 60.8 Å². The average Bonchev–Trinajstić information content (AvgIpc) is 2.81. The predicted molar refractivity (Wildman–Crippen MR) is 135 cm³/mol. The highest BCUT2D eigenvalue weighted by Gasteiger charge is 2.23. The summed E-state index contributed by atoms with van der Waals surface area (Å²) in [5.41, 5.74) is 2.06. The van der Waals surface area contributed by atoms with E-state index in [0.29, 0.717) is 44.1 Å². The molecule has 0 saturated carbocycles. The normalized spacial score (nSPS) is 11.1. The van der Waals surface area contributed by atoms with Crippen molar-refractivity contribution < 1.29 is 18.3 Å². The molecule has 180 valence electrons. The minimum Gasteiger partial charge on any atom is -0.463 e. The van der Waals surface area contributed by atoms with Crippen LogP contribution in [-0.4, -0.2) is 16.6 Å². The lowest BCUT2D eigenvalue weighted by atomic mass is 10.00. The predicted octanol–water partition coefficient (Wildman–Crippen LogP) is 8.88. The van der Waals surface area contributed by atoms with Gasteiger partial charge in [-0.2, -0.15) is 9.97 Å². The Balaban J connectivity index is 1.97. The second-order valence-electron chi connectivity index (χ2n) is 8.05. The molecule has 4 aromatic rings. The molecule has 9 heteroatoms. The minimum atomic E-state index is -1.05. The Kier molecular flexibility index (Phi) is 7.75. The average molecular weight is 536 g/mol. The molecule has 3 aromatic carbocycles. The van der Waals surface area contributed by atoms with E-state index < -0.39 is 11.6 Å². The fourth-order valence-electron chi connectivity index (χ4n) is 3.21. The molecule has 0 N–H and O–H groups in total. The molecule has 4 nitrogen and oxygen atoms in total. The summed E-state index contributed by atoms with van der Waals surface area (Å²) in [5, 5.41) is 1.33. The van der Waals surface area contributed by atoms with Crippen LogP contribution in [0.5, 0.6) is 17.6 Å². The van der Waals surface area contributed by atoms with E-state index in [-0.39, 0.29) is 23.6 Å². The molecule has 0 aliphatic carbocycles. The van der Waals surface area contributed by atoms with Crippen molar-refractivity contribution in [2.45, 2.75) is 13.8 Å². The third-order valence-corrected chi connectivity index (χ3v) is 5.63. The van der Waals surface area contributed by atoms with E-state index in [4.69, 9.17) is 44.3 Å². The zero-order chi connectivity index (χ0) is 25.1. The third-order valence-electron chi connectivity index (χ3n) is 4.83. The maximum absolute atomic E-state index is 13.9. The number of hydrogen-bond donors (Lipinski definition) is 0. The van der Waals surface area contributed by atoms with Crippen LogP contribution in [0, 0.1) is 17.6 Å². The maximum atomic E-state index is 13.9. The molecule has 0 saturated heterocycles. The van der Waals surface area contributed by atoms with Crippen LogP contribution in [0.25, 0.3) is 22.4 Å². The van der Waals surface area contributed by atoms with Crippen molar-refractivity contribution in [3.05, 3.63) is 87.4 Å². The number of rotatable bonds is 7. The molecule has 0 fully saturated rings. The smallest absolute Gasteiger partial charge is 0.320 e. The van der Waals surface area contributed by atoms with Gasteiger partial charge < -0.3 is 9.47 Å². The molecule has 1 heterocycles. The van der Waals surface area contributed by atoms with Crippen LogP contribution < -0.4 is 9.47 Å². The standard InChI is InChI=1S/C26H19Cl3F2N2O2/c1-14(2)13-34-26-32-24(19-9-7-17(28)11-20(19)29)23(15-3-5-16(27)6-4-15)25(33-26)35-18-8-10-21(30)22(31)12-18/h3-12,14H,13H2,1-2H3. The third kappa shape index (κ3) is 6.01. The highest BCUT2D eigenvalue weighted by molar-refractivity contribution is 6.36. The number of benzene rings is 3. The van der Waals surface area contributed by atoms with Crippen molar-refractivity contribution in [1.29, 1.82) is 0 Å². The summed E-state index contributed by atoms with van der Waals surface area (Å²) in [6.45, 7) is 4.31. The first kappa shape index (κ1) is 25.2. The van der Waals surface area contributed by atoms with Crippen molar-refractivity contribution in [2.75, 3.05) is 6.61 Å². The number of halogens is 5. The Morgan fingerprint density at radius 3 is 2.20 bits per heavy atom. The van der Waals surface area contributed by atoms with Crippen LogP contribution in [-0.2, 0) is 0 Å². The lowest BCUT2D eigenvalue weighted by molar-refractivity contribution is 0.248. The molecule has 0 aliphatic heterocycles. The lowest BCUT2D eigenvalue weighted by Crippen LogP contribution is -2.09. The molecule has 1 aromatic heterocycles. The van der Waals surface area contributed by atoms with E-state index in [1.807, 2.05) is 13.8 Å². The van der Waals surface area contributed by atoms with Gasteiger partial charge in [0.05, 0.1) is 22.9 Å². The van der Waals surface area contributed by atoms with Gasteiger partial charge in [-0.3, -0.25) is 0 Å². The van der Waals surface area contributed by atoms with Crippen LogP contribution in [0.2, 0.25) is 15.1 Å². The number of aromatic nitrogens is 2. The quantitative estimate of drug-likeness (QED) is 0.237. The van der Waals surface area contributed by atoms with Gasteiger partial charge in [0.1, 0.15) is 5.75 Å². The van der Waals surface area contributed by atoms with E-state index in [1.165, 1.54) is 6.07 Å². The van der Waals surface area contributed by atoms with Crippen LogP contribution in [0.4, 0.5) is 8.78 Å². The van der Waals surface area contributed by atoms with Crippen LogP contribution >= 0.6 is 34.8 Å². The van der Waals surface area contributed by atoms with Gasteiger partial charge in [0, 0.05) is 21.7 Å². The van der Waals surface area contributed by atoms with E-state index in [0.717, 1.165) is 12.1 Å². The summed E-state index contributed by atoms with van der Waals surface area (Å²) in [7, 11) is 0. The summed E-state index contributed by atoms with van der Waals surface area (Å²) < 4.78 is 39.2. The molecule has 0 atom stereocenters. The molecular formula is C26H19Cl3F2N2O2. The van der Waals surface area contributed by atoms with Crippen LogP contribution in [0.1, 0.15) is 13.8 Å². The SMILES string of the molecule is CC(C)COc1nc(Oc2ccc(F)c(F)c2)c(-c2ccc(Cl)cc2)c(-c2ccc(Cl)cc2Cl)n1.